The summed E-state index contributed by atoms with van der Waals surface area (Å²) in [6.07, 6.45) is 0.975. The van der Waals surface area contributed by atoms with Crippen LogP contribution in [0.5, 0.6) is 0 Å². The topological polar surface area (TPSA) is 145 Å². The molecular weight excluding hydrogens is 523 g/mol. The van der Waals surface area contributed by atoms with Crippen molar-refractivity contribution in [3.63, 3.8) is 0 Å². The van der Waals surface area contributed by atoms with Crippen molar-refractivity contribution in [2.45, 2.75) is 52.2 Å². The summed E-state index contributed by atoms with van der Waals surface area (Å²) in [6.45, 7) is 8.24. The van der Waals surface area contributed by atoms with Crippen LogP contribution in [-0.4, -0.2) is 56.8 Å². The lowest BCUT2D eigenvalue weighted by atomic mass is 10.0. The zero-order valence-electron chi connectivity index (χ0n) is 20.8. The maximum absolute atomic E-state index is 13.0. The summed E-state index contributed by atoms with van der Waals surface area (Å²) in [4.78, 5) is 41.4. The number of likely N-dealkylation sites (tertiary alicyclic amines) is 1. The van der Waals surface area contributed by atoms with Crippen molar-refractivity contribution in [2.24, 2.45) is 0 Å². The third-order valence-electron chi connectivity index (χ3n) is 5.74. The summed E-state index contributed by atoms with van der Waals surface area (Å²) in [5.74, 6) is -1.03. The van der Waals surface area contributed by atoms with Gasteiger partial charge in [-0.25, -0.2) is 14.7 Å². The molecule has 11 nitrogen and oxygen atoms in total. The molecule has 0 spiro atoms. The highest BCUT2D eigenvalue weighted by atomic mass is 35.5. The van der Waals surface area contributed by atoms with E-state index in [2.05, 4.69) is 25.8 Å². The van der Waals surface area contributed by atoms with Crippen LogP contribution in [0.3, 0.4) is 0 Å². The van der Waals surface area contributed by atoms with Gasteiger partial charge in [-0.3, -0.25) is 4.79 Å². The normalized spacial score (nSPS) is 14.5. The fourth-order valence-electron chi connectivity index (χ4n) is 3.92. The zero-order chi connectivity index (χ0) is 26.9. The molecule has 1 aromatic carbocycles. The molecule has 0 atom stereocenters. The van der Waals surface area contributed by atoms with E-state index in [1.807, 2.05) is 20.8 Å². The number of rotatable bonds is 5. The third-order valence-corrected chi connectivity index (χ3v) is 6.69. The predicted octanol–water partition coefficient (Wildman–Crippen LogP) is 5.04. The van der Waals surface area contributed by atoms with Crippen molar-refractivity contribution in [1.82, 2.24) is 20.1 Å². The van der Waals surface area contributed by atoms with E-state index in [1.54, 1.807) is 30.0 Å². The van der Waals surface area contributed by atoms with Crippen LogP contribution in [0.15, 0.2) is 27.4 Å². The molecule has 1 fully saturated rings. The summed E-state index contributed by atoms with van der Waals surface area (Å²) < 4.78 is 10.6. The number of hydrogen-bond donors (Lipinski definition) is 4. The molecule has 3 aromatic rings. The SMILES string of the molecule is Cc1[nH]c(C(=O)Nc2ccc(-c3n[nH]c(=O)o3)cc2NC2CCN(C(=O)OC(C)(C)C)CC2)c(Cl)c1Cl. The van der Waals surface area contributed by atoms with Gasteiger partial charge in [-0.05, 0) is 58.7 Å². The van der Waals surface area contributed by atoms with Gasteiger partial charge in [-0.2, -0.15) is 0 Å². The van der Waals surface area contributed by atoms with Gasteiger partial charge in [0.1, 0.15) is 11.3 Å². The first-order valence-corrected chi connectivity index (χ1v) is 12.5. The van der Waals surface area contributed by atoms with Crippen LogP contribution in [0.2, 0.25) is 10.0 Å². The van der Waals surface area contributed by atoms with Gasteiger partial charge in [0.05, 0.1) is 21.4 Å². The number of halogens is 2. The molecule has 2 aromatic heterocycles. The highest BCUT2D eigenvalue weighted by Gasteiger charge is 2.27. The highest BCUT2D eigenvalue weighted by Crippen LogP contribution is 2.33. The molecule has 0 radical (unpaired) electrons. The first kappa shape index (κ1) is 26.6. The standard InChI is InChI=1S/C24H28Cl2N6O5/c1-12-17(25)18(26)19(27-12)20(33)29-15-6-5-13(21-30-31-22(34)36-21)11-16(15)28-14-7-9-32(10-8-14)23(35)37-24(2,3)4/h5-6,11,14,27-28H,7-10H2,1-4H3,(H,29,33)(H,31,34). The molecule has 0 saturated carbocycles. The van der Waals surface area contributed by atoms with Gasteiger partial charge in [0, 0.05) is 30.4 Å². The van der Waals surface area contributed by atoms with E-state index in [4.69, 9.17) is 32.4 Å². The molecule has 198 valence electrons. The lowest BCUT2D eigenvalue weighted by Gasteiger charge is -2.34. The molecular formula is C24H28Cl2N6O5. The Morgan fingerprint density at radius 2 is 1.86 bits per heavy atom. The summed E-state index contributed by atoms with van der Waals surface area (Å²) in [7, 11) is 0. The number of carbonyl (C=O) groups excluding carboxylic acids is 2. The largest absolute Gasteiger partial charge is 0.444 e. The van der Waals surface area contributed by atoms with Crippen molar-refractivity contribution in [2.75, 3.05) is 23.7 Å². The van der Waals surface area contributed by atoms with Crippen LogP contribution < -0.4 is 16.4 Å². The number of benzene rings is 1. The molecule has 1 aliphatic heterocycles. The number of anilines is 2. The number of piperidine rings is 1. The van der Waals surface area contributed by atoms with Crippen molar-refractivity contribution < 1.29 is 18.7 Å². The molecule has 4 rings (SSSR count). The average molecular weight is 551 g/mol. The first-order chi connectivity index (χ1) is 17.4. The maximum atomic E-state index is 13.0. The minimum absolute atomic E-state index is 0.00143. The Morgan fingerprint density at radius 3 is 2.43 bits per heavy atom. The van der Waals surface area contributed by atoms with Crippen LogP contribution in [0.1, 0.15) is 49.8 Å². The Hall–Kier alpha value is -3.44. The van der Waals surface area contributed by atoms with Crippen molar-refractivity contribution in [1.29, 1.82) is 0 Å². The van der Waals surface area contributed by atoms with Gasteiger partial charge >= 0.3 is 11.8 Å². The van der Waals surface area contributed by atoms with E-state index in [-0.39, 0.29) is 33.8 Å². The molecule has 37 heavy (non-hydrogen) atoms. The van der Waals surface area contributed by atoms with Crippen LogP contribution in [-0.2, 0) is 4.74 Å². The summed E-state index contributed by atoms with van der Waals surface area (Å²) >= 11 is 12.3. The number of aryl methyl sites for hydroxylation is 1. The highest BCUT2D eigenvalue weighted by molar-refractivity contribution is 6.44. The Labute approximate surface area is 222 Å². The molecule has 3 heterocycles. The second-order valence-corrected chi connectivity index (χ2v) is 10.5. The Kier molecular flexibility index (Phi) is 7.56. The van der Waals surface area contributed by atoms with E-state index >= 15 is 0 Å². The minimum Gasteiger partial charge on any atom is -0.444 e. The minimum atomic E-state index is -0.676. The number of ether oxygens (including phenoxy) is 1. The smallest absolute Gasteiger partial charge is 0.434 e. The summed E-state index contributed by atoms with van der Waals surface area (Å²) in [6, 6.07) is 5.07. The van der Waals surface area contributed by atoms with Gasteiger partial charge < -0.3 is 29.7 Å². The summed E-state index contributed by atoms with van der Waals surface area (Å²) in [5, 5.41) is 12.8. The van der Waals surface area contributed by atoms with Crippen LogP contribution in [0, 0.1) is 6.92 Å². The molecule has 4 N–H and O–H groups in total. The Bertz CT molecular complexity index is 1360. The van der Waals surface area contributed by atoms with Crippen molar-refractivity contribution in [3.8, 4) is 11.5 Å². The molecule has 1 aliphatic rings. The maximum Gasteiger partial charge on any atom is 0.434 e. The second kappa shape index (κ2) is 10.5. The molecule has 0 bridgehead atoms. The van der Waals surface area contributed by atoms with Crippen molar-refractivity contribution >= 4 is 46.6 Å². The Balaban J connectivity index is 1.54. The number of nitrogens with one attached hydrogen (secondary N) is 4. The van der Waals surface area contributed by atoms with Crippen LogP contribution >= 0.6 is 23.2 Å². The van der Waals surface area contributed by atoms with E-state index in [0.29, 0.717) is 48.6 Å². The van der Waals surface area contributed by atoms with Gasteiger partial charge in [0.25, 0.3) is 5.91 Å². The Morgan fingerprint density at radius 1 is 1.16 bits per heavy atom. The van der Waals surface area contributed by atoms with Gasteiger partial charge in [-0.15, -0.1) is 5.10 Å². The number of aromatic nitrogens is 3. The quantitative estimate of drug-likeness (QED) is 0.348. The zero-order valence-corrected chi connectivity index (χ0v) is 22.3. The third kappa shape index (κ3) is 6.28. The lowest BCUT2D eigenvalue weighted by molar-refractivity contribution is 0.0210. The van der Waals surface area contributed by atoms with Gasteiger partial charge in [0.15, 0.2) is 0 Å². The van der Waals surface area contributed by atoms with E-state index in [9.17, 15) is 14.4 Å². The predicted molar refractivity (Wildman–Crippen MR) is 141 cm³/mol. The monoisotopic (exact) mass is 550 g/mol. The molecule has 13 heteroatoms. The fraction of sp³-hybridized carbons (Fsp3) is 0.417. The second-order valence-electron chi connectivity index (χ2n) is 9.77. The number of aromatic amines is 2. The lowest BCUT2D eigenvalue weighted by Crippen LogP contribution is -2.44. The van der Waals surface area contributed by atoms with Crippen LogP contribution in [0.4, 0.5) is 16.2 Å². The number of hydrogen-bond acceptors (Lipinski definition) is 7. The van der Waals surface area contributed by atoms with E-state index in [1.165, 1.54) is 0 Å². The molecule has 0 unspecified atom stereocenters. The fourth-order valence-corrected chi connectivity index (χ4v) is 4.34. The number of carbonyl (C=O) groups is 2. The van der Waals surface area contributed by atoms with Gasteiger partial charge in [0.2, 0.25) is 5.89 Å². The summed E-state index contributed by atoms with van der Waals surface area (Å²) in [5.41, 5.74) is 1.74. The number of amides is 2. The van der Waals surface area contributed by atoms with Crippen LogP contribution in [0.25, 0.3) is 11.5 Å². The van der Waals surface area contributed by atoms with E-state index < -0.39 is 17.3 Å². The average Bonchev–Trinajstić information content (AvgIpc) is 3.38. The van der Waals surface area contributed by atoms with Gasteiger partial charge in [-0.1, -0.05) is 23.2 Å². The number of nitrogens with zero attached hydrogens (tertiary/aromatic N) is 2. The number of H-pyrrole nitrogens is 2. The molecule has 1 saturated heterocycles. The van der Waals surface area contributed by atoms with E-state index in [0.717, 1.165) is 0 Å². The first-order valence-electron chi connectivity index (χ1n) is 11.7. The van der Waals surface area contributed by atoms with Crippen molar-refractivity contribution in [3.05, 3.63) is 50.2 Å². The molecule has 2 amide bonds. The molecule has 0 aliphatic carbocycles.